The van der Waals surface area contributed by atoms with Gasteiger partial charge in [0, 0.05) is 18.6 Å². The Morgan fingerprint density at radius 1 is 1.24 bits per heavy atom. The molecule has 0 heterocycles. The van der Waals surface area contributed by atoms with Gasteiger partial charge >= 0.3 is 0 Å². The maximum absolute atomic E-state index is 12.0. The molecule has 1 atom stereocenters. The Morgan fingerprint density at radius 2 is 1.71 bits per heavy atom. The first-order chi connectivity index (χ1) is 7.97. The van der Waals surface area contributed by atoms with Crippen LogP contribution in [0, 0.1) is 0 Å². The van der Waals surface area contributed by atoms with E-state index in [0.717, 1.165) is 19.4 Å². The summed E-state index contributed by atoms with van der Waals surface area (Å²) in [7, 11) is 4.27. The Bertz CT molecular complexity index is 245. The second-order valence-electron chi connectivity index (χ2n) is 5.34. The average molecular weight is 241 g/mol. The number of nitrogens with zero attached hydrogens (tertiary/aromatic N) is 2. The van der Waals surface area contributed by atoms with E-state index in [9.17, 15) is 4.79 Å². The van der Waals surface area contributed by atoms with Gasteiger partial charge in [-0.2, -0.15) is 0 Å². The summed E-state index contributed by atoms with van der Waals surface area (Å²) >= 11 is 0. The van der Waals surface area contributed by atoms with Gasteiger partial charge in [0.15, 0.2) is 0 Å². The van der Waals surface area contributed by atoms with Crippen LogP contribution < -0.4 is 5.73 Å². The first-order valence-electron chi connectivity index (χ1n) is 6.69. The van der Waals surface area contributed by atoms with E-state index in [0.29, 0.717) is 12.1 Å². The Kier molecular flexibility index (Phi) is 5.40. The average Bonchev–Trinajstić information content (AvgIpc) is 2.30. The Hall–Kier alpha value is -0.610. The van der Waals surface area contributed by atoms with E-state index < -0.39 is 0 Å². The zero-order valence-electron chi connectivity index (χ0n) is 11.6. The predicted octanol–water partition coefficient (Wildman–Crippen LogP) is 1.05. The van der Waals surface area contributed by atoms with Gasteiger partial charge in [-0.05, 0) is 53.6 Å². The Balaban J connectivity index is 2.53. The molecule has 0 spiro atoms. The summed E-state index contributed by atoms with van der Waals surface area (Å²) in [5, 5.41) is 0. The Labute approximate surface area is 105 Å². The van der Waals surface area contributed by atoms with Crippen molar-refractivity contribution < 1.29 is 4.79 Å². The molecule has 0 aromatic heterocycles. The van der Waals surface area contributed by atoms with Crippen LogP contribution in [0.4, 0.5) is 0 Å². The predicted molar refractivity (Wildman–Crippen MR) is 70.8 cm³/mol. The molecule has 0 saturated heterocycles. The van der Waals surface area contributed by atoms with E-state index in [1.165, 1.54) is 12.8 Å². The number of amides is 1. The summed E-state index contributed by atoms with van der Waals surface area (Å²) in [5.41, 5.74) is 5.70. The molecule has 1 aliphatic rings. The van der Waals surface area contributed by atoms with Crippen LogP contribution in [-0.2, 0) is 4.79 Å². The molecule has 1 rings (SSSR count). The number of carbonyl (C=O) groups excluding carboxylic acids is 1. The van der Waals surface area contributed by atoms with Gasteiger partial charge in [-0.25, -0.2) is 0 Å². The van der Waals surface area contributed by atoms with E-state index in [4.69, 9.17) is 5.73 Å². The molecule has 0 aromatic rings. The van der Waals surface area contributed by atoms with Crippen LogP contribution >= 0.6 is 0 Å². The molecule has 4 nitrogen and oxygen atoms in total. The first kappa shape index (κ1) is 14.5. The molecule has 0 aromatic carbocycles. The molecule has 0 aliphatic heterocycles. The molecule has 1 fully saturated rings. The third kappa shape index (κ3) is 3.68. The van der Waals surface area contributed by atoms with Gasteiger partial charge in [-0.3, -0.25) is 4.79 Å². The van der Waals surface area contributed by atoms with Crippen LogP contribution in [0.1, 0.15) is 39.5 Å². The van der Waals surface area contributed by atoms with Crippen molar-refractivity contribution in [3.05, 3.63) is 0 Å². The fraction of sp³-hybridized carbons (Fsp3) is 0.923. The van der Waals surface area contributed by atoms with E-state index in [1.54, 1.807) is 6.92 Å². The summed E-state index contributed by atoms with van der Waals surface area (Å²) < 4.78 is 0. The van der Waals surface area contributed by atoms with E-state index >= 15 is 0 Å². The standard InChI is InChI=1S/C13H27N3O/c1-5-16(13(17)10(2)14)12-8-6-11(7-9-12)15(3)4/h10-12H,5-9,14H2,1-4H3/t10-,11?,12?/m0/s1. The fourth-order valence-electron chi connectivity index (χ4n) is 2.74. The molecule has 0 bridgehead atoms. The molecule has 2 N–H and O–H groups in total. The minimum absolute atomic E-state index is 0.0980. The lowest BCUT2D eigenvalue weighted by molar-refractivity contribution is -0.135. The highest BCUT2D eigenvalue weighted by Gasteiger charge is 2.29. The molecule has 100 valence electrons. The number of carbonyl (C=O) groups is 1. The fourth-order valence-corrected chi connectivity index (χ4v) is 2.74. The van der Waals surface area contributed by atoms with Crippen molar-refractivity contribution in [2.45, 2.75) is 57.7 Å². The van der Waals surface area contributed by atoms with Crippen molar-refractivity contribution in [2.24, 2.45) is 5.73 Å². The normalized spacial score (nSPS) is 26.9. The molecular formula is C13H27N3O. The van der Waals surface area contributed by atoms with Crippen molar-refractivity contribution in [1.29, 1.82) is 0 Å². The monoisotopic (exact) mass is 241 g/mol. The second kappa shape index (κ2) is 6.36. The molecule has 0 unspecified atom stereocenters. The first-order valence-corrected chi connectivity index (χ1v) is 6.69. The van der Waals surface area contributed by atoms with Crippen molar-refractivity contribution in [3.8, 4) is 0 Å². The van der Waals surface area contributed by atoms with Crippen LogP contribution in [0.15, 0.2) is 0 Å². The molecule has 1 aliphatic carbocycles. The second-order valence-corrected chi connectivity index (χ2v) is 5.34. The smallest absolute Gasteiger partial charge is 0.239 e. The quantitative estimate of drug-likeness (QED) is 0.800. The highest BCUT2D eigenvalue weighted by Crippen LogP contribution is 2.25. The maximum Gasteiger partial charge on any atom is 0.239 e. The van der Waals surface area contributed by atoms with Crippen molar-refractivity contribution in [1.82, 2.24) is 9.80 Å². The van der Waals surface area contributed by atoms with Gasteiger partial charge in [0.05, 0.1) is 6.04 Å². The highest BCUT2D eigenvalue weighted by molar-refractivity contribution is 5.81. The summed E-state index contributed by atoms with van der Waals surface area (Å²) in [4.78, 5) is 16.2. The van der Waals surface area contributed by atoms with Gasteiger partial charge in [-0.15, -0.1) is 0 Å². The maximum atomic E-state index is 12.0. The van der Waals surface area contributed by atoms with Crippen molar-refractivity contribution in [3.63, 3.8) is 0 Å². The molecule has 17 heavy (non-hydrogen) atoms. The lowest BCUT2D eigenvalue weighted by Gasteiger charge is -2.39. The largest absolute Gasteiger partial charge is 0.339 e. The van der Waals surface area contributed by atoms with E-state index in [2.05, 4.69) is 19.0 Å². The number of likely N-dealkylation sites (N-methyl/N-ethyl adjacent to an activating group) is 1. The molecule has 1 amide bonds. The number of hydrogen-bond acceptors (Lipinski definition) is 3. The zero-order chi connectivity index (χ0) is 13.0. The lowest BCUT2D eigenvalue weighted by atomic mass is 9.89. The summed E-state index contributed by atoms with van der Waals surface area (Å²) in [6, 6.07) is 0.701. The Morgan fingerprint density at radius 3 is 2.06 bits per heavy atom. The number of nitrogens with two attached hydrogens (primary N) is 1. The summed E-state index contributed by atoms with van der Waals surface area (Å²) in [6.45, 7) is 4.59. The van der Waals surface area contributed by atoms with Crippen LogP contribution in [-0.4, -0.2) is 54.5 Å². The van der Waals surface area contributed by atoms with Crippen molar-refractivity contribution >= 4 is 5.91 Å². The molecular weight excluding hydrogens is 214 g/mol. The van der Waals surface area contributed by atoms with Gasteiger partial charge < -0.3 is 15.5 Å². The zero-order valence-corrected chi connectivity index (χ0v) is 11.6. The number of rotatable bonds is 4. The van der Waals surface area contributed by atoms with Crippen LogP contribution in [0.25, 0.3) is 0 Å². The van der Waals surface area contributed by atoms with Gasteiger partial charge in [0.25, 0.3) is 0 Å². The molecule has 4 heteroatoms. The third-order valence-electron chi connectivity index (χ3n) is 3.85. The summed E-state index contributed by atoms with van der Waals surface area (Å²) in [5.74, 6) is 0.0980. The van der Waals surface area contributed by atoms with Crippen LogP contribution in [0.5, 0.6) is 0 Å². The summed E-state index contributed by atoms with van der Waals surface area (Å²) in [6.07, 6.45) is 4.57. The molecule has 0 radical (unpaired) electrons. The van der Waals surface area contributed by atoms with Crippen molar-refractivity contribution in [2.75, 3.05) is 20.6 Å². The van der Waals surface area contributed by atoms with E-state index in [1.807, 2.05) is 11.8 Å². The van der Waals surface area contributed by atoms with Gasteiger partial charge in [0.1, 0.15) is 0 Å². The third-order valence-corrected chi connectivity index (χ3v) is 3.85. The highest BCUT2D eigenvalue weighted by atomic mass is 16.2. The lowest BCUT2D eigenvalue weighted by Crippen LogP contribution is -2.49. The minimum Gasteiger partial charge on any atom is -0.339 e. The topological polar surface area (TPSA) is 49.6 Å². The van der Waals surface area contributed by atoms with Gasteiger partial charge in [0.2, 0.25) is 5.91 Å². The minimum atomic E-state index is -0.374. The van der Waals surface area contributed by atoms with Gasteiger partial charge in [-0.1, -0.05) is 0 Å². The van der Waals surface area contributed by atoms with Crippen LogP contribution in [0.2, 0.25) is 0 Å². The van der Waals surface area contributed by atoms with Crippen LogP contribution in [0.3, 0.4) is 0 Å². The number of hydrogen-bond donors (Lipinski definition) is 1. The van der Waals surface area contributed by atoms with E-state index in [-0.39, 0.29) is 11.9 Å². The molecule has 1 saturated carbocycles. The SMILES string of the molecule is CCN(C(=O)[C@H](C)N)C1CCC(N(C)C)CC1.